The first-order valence-corrected chi connectivity index (χ1v) is 9.50. The van der Waals surface area contributed by atoms with Crippen LogP contribution in [0.3, 0.4) is 0 Å². The van der Waals surface area contributed by atoms with Gasteiger partial charge in [0.2, 0.25) is 0 Å². The van der Waals surface area contributed by atoms with E-state index in [9.17, 15) is 0 Å². The highest BCUT2D eigenvalue weighted by Crippen LogP contribution is 2.29. The lowest BCUT2D eigenvalue weighted by atomic mass is 10.2. The zero-order valence-electron chi connectivity index (χ0n) is 15.6. The van der Waals surface area contributed by atoms with Crippen LogP contribution in [0.2, 0.25) is 0 Å². The maximum Gasteiger partial charge on any atom is 0.0989 e. The standard InChI is InChI=1S/C24H22N4/c1-3-8-21(9-4-1)25-14-16-27(19-25)23-12-7-13-24(18-23)28-17-15-26(20-28)22-10-5-2-6-11-22/h1-18H,19-20H2. The summed E-state index contributed by atoms with van der Waals surface area (Å²) in [6.07, 6.45) is 8.55. The number of anilines is 4. The van der Waals surface area contributed by atoms with E-state index in [-0.39, 0.29) is 0 Å². The zero-order valence-corrected chi connectivity index (χ0v) is 15.6. The molecule has 0 saturated heterocycles. The van der Waals surface area contributed by atoms with Gasteiger partial charge < -0.3 is 19.6 Å². The van der Waals surface area contributed by atoms with Crippen LogP contribution in [0.5, 0.6) is 0 Å². The summed E-state index contributed by atoms with van der Waals surface area (Å²) in [7, 11) is 0. The average molecular weight is 366 g/mol. The summed E-state index contributed by atoms with van der Waals surface area (Å²) in [4.78, 5) is 9.04. The van der Waals surface area contributed by atoms with Crippen molar-refractivity contribution in [3.8, 4) is 0 Å². The Hall–Kier alpha value is -3.66. The lowest BCUT2D eigenvalue weighted by Gasteiger charge is -2.24. The quantitative estimate of drug-likeness (QED) is 0.629. The third kappa shape index (κ3) is 3.21. The van der Waals surface area contributed by atoms with E-state index in [1.807, 2.05) is 12.1 Å². The maximum absolute atomic E-state index is 2.27. The van der Waals surface area contributed by atoms with Crippen LogP contribution in [-0.2, 0) is 0 Å². The van der Waals surface area contributed by atoms with Crippen molar-refractivity contribution in [2.75, 3.05) is 32.9 Å². The molecule has 0 aromatic heterocycles. The van der Waals surface area contributed by atoms with Crippen LogP contribution in [0, 0.1) is 0 Å². The second-order valence-corrected chi connectivity index (χ2v) is 6.95. The maximum atomic E-state index is 2.27. The molecule has 2 aliphatic rings. The van der Waals surface area contributed by atoms with Crippen LogP contribution in [0.4, 0.5) is 22.7 Å². The van der Waals surface area contributed by atoms with Crippen molar-refractivity contribution in [2.45, 2.75) is 0 Å². The molecule has 0 spiro atoms. The third-order valence-corrected chi connectivity index (χ3v) is 5.13. The number of nitrogens with zero attached hydrogens (tertiary/aromatic N) is 4. The summed E-state index contributed by atoms with van der Waals surface area (Å²) in [6, 6.07) is 29.6. The Morgan fingerprint density at radius 1 is 0.393 bits per heavy atom. The second-order valence-electron chi connectivity index (χ2n) is 6.95. The Labute approximate surface area is 165 Å². The molecule has 0 fully saturated rings. The van der Waals surface area contributed by atoms with E-state index >= 15 is 0 Å². The minimum atomic E-state index is 0.819. The molecule has 0 bridgehead atoms. The zero-order chi connectivity index (χ0) is 18.8. The third-order valence-electron chi connectivity index (χ3n) is 5.13. The molecule has 0 atom stereocenters. The normalized spacial score (nSPS) is 15.7. The summed E-state index contributed by atoms with van der Waals surface area (Å²) in [6.45, 7) is 1.64. The summed E-state index contributed by atoms with van der Waals surface area (Å²) in [5, 5.41) is 0. The Bertz CT molecular complexity index is 919. The molecule has 0 saturated carbocycles. The molecular formula is C24H22N4. The molecule has 138 valence electrons. The van der Waals surface area contributed by atoms with E-state index in [4.69, 9.17) is 0 Å². The number of benzene rings is 3. The molecule has 3 aromatic carbocycles. The van der Waals surface area contributed by atoms with Crippen molar-refractivity contribution < 1.29 is 0 Å². The number of rotatable bonds is 4. The van der Waals surface area contributed by atoms with Crippen LogP contribution < -0.4 is 19.6 Å². The van der Waals surface area contributed by atoms with Gasteiger partial charge in [0.15, 0.2) is 0 Å². The molecular weight excluding hydrogens is 344 g/mol. The van der Waals surface area contributed by atoms with Crippen molar-refractivity contribution in [3.05, 3.63) is 110 Å². The van der Waals surface area contributed by atoms with Gasteiger partial charge in [-0.25, -0.2) is 0 Å². The summed E-state index contributed by atoms with van der Waals surface area (Å²) in [5.41, 5.74) is 4.80. The predicted octanol–water partition coefficient (Wildman–Crippen LogP) is 5.20. The topological polar surface area (TPSA) is 13.0 Å². The number of hydrogen-bond acceptors (Lipinski definition) is 4. The van der Waals surface area contributed by atoms with Crippen molar-refractivity contribution in [1.29, 1.82) is 0 Å². The first-order chi connectivity index (χ1) is 13.9. The molecule has 0 amide bonds. The molecule has 0 unspecified atom stereocenters. The van der Waals surface area contributed by atoms with Gasteiger partial charge in [-0.3, -0.25) is 0 Å². The SMILES string of the molecule is C1=CN(c2cccc(N3C=CN(c4ccccc4)C3)c2)CN1c1ccccc1. The molecule has 2 aliphatic heterocycles. The Morgan fingerprint density at radius 2 is 0.750 bits per heavy atom. The first-order valence-electron chi connectivity index (χ1n) is 9.50. The number of hydrogen-bond donors (Lipinski definition) is 0. The van der Waals surface area contributed by atoms with Crippen molar-refractivity contribution in [3.63, 3.8) is 0 Å². The fourth-order valence-corrected chi connectivity index (χ4v) is 3.60. The van der Waals surface area contributed by atoms with Gasteiger partial charge in [0.05, 0.1) is 13.3 Å². The Kier molecular flexibility index (Phi) is 4.22. The molecule has 2 heterocycles. The van der Waals surface area contributed by atoms with E-state index in [1.54, 1.807) is 0 Å². The van der Waals surface area contributed by atoms with Gasteiger partial charge in [0.1, 0.15) is 0 Å². The van der Waals surface area contributed by atoms with Crippen molar-refractivity contribution >= 4 is 22.7 Å². The molecule has 4 heteroatoms. The van der Waals surface area contributed by atoms with E-state index in [0.717, 1.165) is 13.3 Å². The fourth-order valence-electron chi connectivity index (χ4n) is 3.60. The molecule has 0 aliphatic carbocycles. The van der Waals surface area contributed by atoms with Gasteiger partial charge in [0.25, 0.3) is 0 Å². The molecule has 0 radical (unpaired) electrons. The lowest BCUT2D eigenvalue weighted by molar-refractivity contribution is 0.963. The summed E-state index contributed by atoms with van der Waals surface area (Å²) in [5.74, 6) is 0. The summed E-state index contributed by atoms with van der Waals surface area (Å²) < 4.78 is 0. The highest BCUT2D eigenvalue weighted by Gasteiger charge is 2.18. The van der Waals surface area contributed by atoms with E-state index in [0.29, 0.717) is 0 Å². The predicted molar refractivity (Wildman–Crippen MR) is 117 cm³/mol. The van der Waals surface area contributed by atoms with Crippen LogP contribution >= 0.6 is 0 Å². The molecule has 4 nitrogen and oxygen atoms in total. The van der Waals surface area contributed by atoms with Crippen LogP contribution in [0.25, 0.3) is 0 Å². The minimum Gasteiger partial charge on any atom is -0.328 e. The van der Waals surface area contributed by atoms with Gasteiger partial charge in [-0.2, -0.15) is 0 Å². The van der Waals surface area contributed by atoms with Crippen LogP contribution in [0.15, 0.2) is 110 Å². The van der Waals surface area contributed by atoms with Crippen LogP contribution in [-0.4, -0.2) is 13.3 Å². The molecule has 3 aromatic rings. The van der Waals surface area contributed by atoms with Gasteiger partial charge >= 0.3 is 0 Å². The first kappa shape index (κ1) is 16.5. The van der Waals surface area contributed by atoms with Gasteiger partial charge in [-0.05, 0) is 42.5 Å². The van der Waals surface area contributed by atoms with E-state index < -0.39 is 0 Å². The van der Waals surface area contributed by atoms with E-state index in [2.05, 4.69) is 117 Å². The Morgan fingerprint density at radius 3 is 1.18 bits per heavy atom. The highest BCUT2D eigenvalue weighted by atomic mass is 15.4. The minimum absolute atomic E-state index is 0.819. The second kappa shape index (κ2) is 7.16. The molecule has 0 N–H and O–H groups in total. The largest absolute Gasteiger partial charge is 0.328 e. The molecule has 28 heavy (non-hydrogen) atoms. The van der Waals surface area contributed by atoms with Gasteiger partial charge in [-0.15, -0.1) is 0 Å². The summed E-state index contributed by atoms with van der Waals surface area (Å²) >= 11 is 0. The highest BCUT2D eigenvalue weighted by molar-refractivity contribution is 5.66. The average Bonchev–Trinajstić information content (AvgIpc) is 3.46. The van der Waals surface area contributed by atoms with E-state index in [1.165, 1.54) is 22.7 Å². The fraction of sp³-hybridized carbons (Fsp3) is 0.0833. The molecule has 5 rings (SSSR count). The van der Waals surface area contributed by atoms with Crippen molar-refractivity contribution in [1.82, 2.24) is 0 Å². The smallest absolute Gasteiger partial charge is 0.0989 e. The lowest BCUT2D eigenvalue weighted by Crippen LogP contribution is -2.26. The monoisotopic (exact) mass is 366 g/mol. The van der Waals surface area contributed by atoms with Crippen molar-refractivity contribution in [2.24, 2.45) is 0 Å². The van der Waals surface area contributed by atoms with Gasteiger partial charge in [0, 0.05) is 47.5 Å². The van der Waals surface area contributed by atoms with Gasteiger partial charge in [-0.1, -0.05) is 42.5 Å². The Balaban J connectivity index is 1.30. The van der Waals surface area contributed by atoms with Crippen LogP contribution in [0.1, 0.15) is 0 Å². The number of para-hydroxylation sites is 2.